The molecular formula is C23H32N2O2. The predicted octanol–water partition coefficient (Wildman–Crippen LogP) is 3.82. The van der Waals surface area contributed by atoms with Gasteiger partial charge in [-0.3, -0.25) is 9.59 Å². The molecule has 1 aliphatic heterocycles. The molecule has 2 aliphatic carbocycles. The Morgan fingerprint density at radius 3 is 2.44 bits per heavy atom. The van der Waals surface area contributed by atoms with Crippen LogP contribution in [0.25, 0.3) is 0 Å². The zero-order valence-electron chi connectivity index (χ0n) is 16.6. The summed E-state index contributed by atoms with van der Waals surface area (Å²) < 4.78 is 0. The number of likely N-dealkylation sites (N-methyl/N-ethyl adjacent to an activating group) is 1. The van der Waals surface area contributed by atoms with Crippen molar-refractivity contribution in [3.05, 3.63) is 35.9 Å². The topological polar surface area (TPSA) is 40.6 Å². The van der Waals surface area contributed by atoms with E-state index in [-0.39, 0.29) is 29.8 Å². The average molecular weight is 369 g/mol. The molecule has 0 radical (unpaired) electrons. The molecule has 4 heteroatoms. The summed E-state index contributed by atoms with van der Waals surface area (Å²) in [6, 6.07) is 10.4. The first-order valence-corrected chi connectivity index (χ1v) is 10.8. The van der Waals surface area contributed by atoms with Gasteiger partial charge in [-0.1, -0.05) is 43.2 Å². The van der Waals surface area contributed by atoms with Crippen LogP contribution in [0.3, 0.4) is 0 Å². The number of carbonyl (C=O) groups is 2. The highest BCUT2D eigenvalue weighted by Crippen LogP contribution is 2.51. The zero-order chi connectivity index (χ0) is 19.0. The Bertz CT molecular complexity index is 685. The number of likely N-dealkylation sites (tertiary alicyclic amines) is 1. The maximum absolute atomic E-state index is 13.5. The van der Waals surface area contributed by atoms with E-state index in [1.165, 1.54) is 24.8 Å². The smallest absolute Gasteiger partial charge is 0.245 e. The molecule has 1 aromatic carbocycles. The molecule has 3 fully saturated rings. The summed E-state index contributed by atoms with van der Waals surface area (Å²) in [6.07, 6.45) is 6.47. The molecule has 0 spiro atoms. The fourth-order valence-corrected chi connectivity index (χ4v) is 5.47. The van der Waals surface area contributed by atoms with E-state index in [2.05, 4.69) is 29.2 Å². The summed E-state index contributed by atoms with van der Waals surface area (Å²) in [4.78, 5) is 30.7. The fraction of sp³-hybridized carbons (Fsp3) is 0.652. The van der Waals surface area contributed by atoms with Gasteiger partial charge in [0.05, 0.1) is 0 Å². The summed E-state index contributed by atoms with van der Waals surface area (Å²) in [7, 11) is 0. The summed E-state index contributed by atoms with van der Waals surface area (Å²) in [6.45, 7) is 5.50. The number of hydrogen-bond donors (Lipinski definition) is 0. The van der Waals surface area contributed by atoms with Gasteiger partial charge in [0.15, 0.2) is 0 Å². The van der Waals surface area contributed by atoms with E-state index < -0.39 is 0 Å². The Morgan fingerprint density at radius 1 is 1.04 bits per heavy atom. The zero-order valence-corrected chi connectivity index (χ0v) is 16.6. The SMILES string of the molecule is CCN(CC)C(=O)[C@@H]1C[C@@H]2CCCC[C@@H]2N1C(=O)[C@@H]1C[C@@H]1c1ccccc1. The van der Waals surface area contributed by atoms with Gasteiger partial charge in [0.25, 0.3) is 0 Å². The van der Waals surface area contributed by atoms with Crippen molar-refractivity contribution in [2.75, 3.05) is 13.1 Å². The van der Waals surface area contributed by atoms with Crippen molar-refractivity contribution in [3.63, 3.8) is 0 Å². The lowest BCUT2D eigenvalue weighted by Gasteiger charge is -2.35. The predicted molar refractivity (Wildman–Crippen MR) is 106 cm³/mol. The van der Waals surface area contributed by atoms with Gasteiger partial charge in [-0.15, -0.1) is 0 Å². The maximum Gasteiger partial charge on any atom is 0.245 e. The van der Waals surface area contributed by atoms with Gasteiger partial charge < -0.3 is 9.80 Å². The van der Waals surface area contributed by atoms with Crippen molar-refractivity contribution in [1.82, 2.24) is 9.80 Å². The highest BCUT2D eigenvalue weighted by molar-refractivity contribution is 5.91. The summed E-state index contributed by atoms with van der Waals surface area (Å²) >= 11 is 0. The Hall–Kier alpha value is -1.84. The third kappa shape index (κ3) is 3.39. The molecule has 1 aromatic rings. The molecule has 0 aromatic heterocycles. The van der Waals surface area contributed by atoms with Crippen LogP contribution in [0.5, 0.6) is 0 Å². The number of amides is 2. The first-order valence-electron chi connectivity index (χ1n) is 10.8. The lowest BCUT2D eigenvalue weighted by atomic mass is 9.84. The Kier molecular flexibility index (Phi) is 5.25. The largest absolute Gasteiger partial charge is 0.341 e. The number of nitrogens with zero attached hydrogens (tertiary/aromatic N) is 2. The van der Waals surface area contributed by atoms with Crippen molar-refractivity contribution >= 4 is 11.8 Å². The first kappa shape index (κ1) is 18.5. The Labute approximate surface area is 162 Å². The third-order valence-corrected chi connectivity index (χ3v) is 7.04. The van der Waals surface area contributed by atoms with Crippen LogP contribution in [-0.2, 0) is 9.59 Å². The quantitative estimate of drug-likeness (QED) is 0.793. The second-order valence-electron chi connectivity index (χ2n) is 8.48. The number of fused-ring (bicyclic) bond motifs is 1. The third-order valence-electron chi connectivity index (χ3n) is 7.04. The lowest BCUT2D eigenvalue weighted by molar-refractivity contribution is -0.146. The monoisotopic (exact) mass is 368 g/mol. The minimum atomic E-state index is -0.234. The van der Waals surface area contributed by atoms with Crippen molar-refractivity contribution in [1.29, 1.82) is 0 Å². The van der Waals surface area contributed by atoms with Crippen LogP contribution < -0.4 is 0 Å². The Morgan fingerprint density at radius 2 is 1.74 bits per heavy atom. The molecule has 0 unspecified atom stereocenters. The van der Waals surface area contributed by atoms with Gasteiger partial charge in [0.2, 0.25) is 11.8 Å². The minimum Gasteiger partial charge on any atom is -0.341 e. The molecule has 1 saturated heterocycles. The highest BCUT2D eigenvalue weighted by atomic mass is 16.2. The molecule has 1 heterocycles. The standard InChI is InChI=1S/C23H32N2O2/c1-3-24(4-2)23(27)21-14-17-12-8-9-13-20(17)25(21)22(26)19-15-18(19)16-10-6-5-7-11-16/h5-7,10-11,17-21H,3-4,8-9,12-15H2,1-2H3/t17-,18+,19+,20-,21-/m0/s1. The molecule has 4 rings (SSSR count). The number of carbonyl (C=O) groups excluding carboxylic acids is 2. The molecule has 2 saturated carbocycles. The minimum absolute atomic E-state index is 0.0695. The highest BCUT2D eigenvalue weighted by Gasteiger charge is 2.54. The number of rotatable bonds is 5. The maximum atomic E-state index is 13.5. The van der Waals surface area contributed by atoms with Crippen LogP contribution in [0.15, 0.2) is 30.3 Å². The van der Waals surface area contributed by atoms with Gasteiger partial charge in [-0.2, -0.15) is 0 Å². The number of hydrogen-bond acceptors (Lipinski definition) is 2. The first-order chi connectivity index (χ1) is 13.2. The van der Waals surface area contributed by atoms with Gasteiger partial charge in [-0.05, 0) is 56.9 Å². The molecule has 5 atom stereocenters. The molecule has 27 heavy (non-hydrogen) atoms. The second kappa shape index (κ2) is 7.65. The summed E-state index contributed by atoms with van der Waals surface area (Å²) in [5, 5.41) is 0. The van der Waals surface area contributed by atoms with E-state index in [0.717, 1.165) is 32.4 Å². The van der Waals surface area contributed by atoms with Crippen molar-refractivity contribution in [3.8, 4) is 0 Å². The summed E-state index contributed by atoms with van der Waals surface area (Å²) in [5.74, 6) is 1.33. The van der Waals surface area contributed by atoms with E-state index in [1.54, 1.807) is 0 Å². The molecular weight excluding hydrogens is 336 g/mol. The van der Waals surface area contributed by atoms with Gasteiger partial charge in [-0.25, -0.2) is 0 Å². The molecule has 2 amide bonds. The van der Waals surface area contributed by atoms with Crippen LogP contribution in [0.4, 0.5) is 0 Å². The normalized spacial score (nSPS) is 32.1. The fourth-order valence-electron chi connectivity index (χ4n) is 5.47. The molecule has 3 aliphatic rings. The van der Waals surface area contributed by atoms with Gasteiger partial charge in [0, 0.05) is 25.0 Å². The molecule has 4 nitrogen and oxygen atoms in total. The lowest BCUT2D eigenvalue weighted by Crippen LogP contribution is -2.51. The van der Waals surface area contributed by atoms with Gasteiger partial charge in [0.1, 0.15) is 6.04 Å². The van der Waals surface area contributed by atoms with Crippen molar-refractivity contribution < 1.29 is 9.59 Å². The Balaban J connectivity index is 1.55. The van der Waals surface area contributed by atoms with Crippen LogP contribution in [-0.4, -0.2) is 46.8 Å². The van der Waals surface area contributed by atoms with Crippen LogP contribution in [0.2, 0.25) is 0 Å². The molecule has 0 N–H and O–H groups in total. The van der Waals surface area contributed by atoms with E-state index in [1.807, 2.05) is 24.8 Å². The van der Waals surface area contributed by atoms with Crippen LogP contribution >= 0.6 is 0 Å². The summed E-state index contributed by atoms with van der Waals surface area (Å²) in [5.41, 5.74) is 1.27. The van der Waals surface area contributed by atoms with Crippen LogP contribution in [0, 0.1) is 11.8 Å². The van der Waals surface area contributed by atoms with E-state index in [9.17, 15) is 9.59 Å². The average Bonchev–Trinajstić information content (AvgIpc) is 3.42. The number of benzene rings is 1. The van der Waals surface area contributed by atoms with E-state index in [4.69, 9.17) is 0 Å². The van der Waals surface area contributed by atoms with Crippen LogP contribution in [0.1, 0.15) is 63.9 Å². The van der Waals surface area contributed by atoms with Crippen molar-refractivity contribution in [2.24, 2.45) is 11.8 Å². The van der Waals surface area contributed by atoms with Gasteiger partial charge >= 0.3 is 0 Å². The second-order valence-corrected chi connectivity index (χ2v) is 8.48. The molecule has 146 valence electrons. The van der Waals surface area contributed by atoms with E-state index in [0.29, 0.717) is 11.8 Å². The van der Waals surface area contributed by atoms with E-state index >= 15 is 0 Å². The molecule has 0 bridgehead atoms. The van der Waals surface area contributed by atoms with Crippen molar-refractivity contribution in [2.45, 2.75) is 70.4 Å².